The Balaban J connectivity index is 3.16. The van der Waals surface area contributed by atoms with Gasteiger partial charge in [-0.3, -0.25) is 0 Å². The molecule has 0 bridgehead atoms. The van der Waals surface area contributed by atoms with Crippen molar-refractivity contribution in [3.05, 3.63) is 27.8 Å². The van der Waals surface area contributed by atoms with Crippen LogP contribution in [0.3, 0.4) is 0 Å². The highest BCUT2D eigenvalue weighted by Gasteiger charge is 1.98. The molecule has 0 radical (unpaired) electrons. The number of phenols is 1. The fraction of sp³-hybridized carbons (Fsp3) is 0. The van der Waals surface area contributed by atoms with E-state index >= 15 is 0 Å². The second-order valence-electron chi connectivity index (χ2n) is 2.07. The Kier molecular flexibility index (Phi) is 2.76. The summed E-state index contributed by atoms with van der Waals surface area (Å²) in [5.74, 6) is 0.136. The van der Waals surface area contributed by atoms with Crippen molar-refractivity contribution in [2.45, 2.75) is 0 Å². The SMILES string of the molecule is Nc1c(O)cccc1/C=C\I. The lowest BCUT2D eigenvalue weighted by atomic mass is 10.2. The highest BCUT2D eigenvalue weighted by atomic mass is 127. The summed E-state index contributed by atoms with van der Waals surface area (Å²) in [6, 6.07) is 5.18. The predicted molar refractivity (Wildman–Crippen MR) is 55.6 cm³/mol. The Morgan fingerprint density at radius 1 is 1.45 bits per heavy atom. The van der Waals surface area contributed by atoms with Gasteiger partial charge in [0.15, 0.2) is 0 Å². The minimum absolute atomic E-state index is 0.136. The molecule has 0 aliphatic rings. The molecule has 1 rings (SSSR count). The van der Waals surface area contributed by atoms with Crippen LogP contribution >= 0.6 is 22.6 Å². The molecule has 0 aromatic heterocycles. The number of nitrogens with two attached hydrogens (primary N) is 1. The maximum Gasteiger partial charge on any atom is 0.139 e. The summed E-state index contributed by atoms with van der Waals surface area (Å²) in [6.07, 6.45) is 1.84. The molecule has 11 heavy (non-hydrogen) atoms. The summed E-state index contributed by atoms with van der Waals surface area (Å²) >= 11 is 2.10. The van der Waals surface area contributed by atoms with E-state index in [2.05, 4.69) is 22.6 Å². The van der Waals surface area contributed by atoms with Gasteiger partial charge in [0.25, 0.3) is 0 Å². The lowest BCUT2D eigenvalue weighted by molar-refractivity contribution is 0.478. The zero-order valence-corrected chi connectivity index (χ0v) is 7.95. The molecule has 0 aliphatic carbocycles. The fourth-order valence-corrected chi connectivity index (χ4v) is 1.17. The van der Waals surface area contributed by atoms with Gasteiger partial charge in [-0.1, -0.05) is 34.7 Å². The molecule has 58 valence electrons. The van der Waals surface area contributed by atoms with Gasteiger partial charge >= 0.3 is 0 Å². The zero-order valence-electron chi connectivity index (χ0n) is 5.79. The topological polar surface area (TPSA) is 46.2 Å². The molecule has 0 heterocycles. The largest absolute Gasteiger partial charge is 0.506 e. The van der Waals surface area contributed by atoms with Gasteiger partial charge in [-0.2, -0.15) is 0 Å². The van der Waals surface area contributed by atoms with Crippen LogP contribution < -0.4 is 5.73 Å². The minimum Gasteiger partial charge on any atom is -0.506 e. The normalized spacial score (nSPS) is 10.6. The van der Waals surface area contributed by atoms with Crippen LogP contribution in [0.4, 0.5) is 5.69 Å². The molecule has 0 saturated heterocycles. The molecule has 0 aliphatic heterocycles. The van der Waals surface area contributed by atoms with Gasteiger partial charge < -0.3 is 10.8 Å². The second kappa shape index (κ2) is 3.61. The first-order valence-electron chi connectivity index (χ1n) is 3.10. The van der Waals surface area contributed by atoms with E-state index in [1.807, 2.05) is 16.2 Å². The summed E-state index contributed by atoms with van der Waals surface area (Å²) in [5, 5.41) is 9.17. The Labute approximate surface area is 78.9 Å². The molecule has 1 aromatic rings. The third-order valence-electron chi connectivity index (χ3n) is 1.36. The highest BCUT2D eigenvalue weighted by Crippen LogP contribution is 2.24. The van der Waals surface area contributed by atoms with Crippen molar-refractivity contribution < 1.29 is 5.11 Å². The van der Waals surface area contributed by atoms with Crippen molar-refractivity contribution in [3.8, 4) is 5.75 Å². The van der Waals surface area contributed by atoms with Gasteiger partial charge in [0.05, 0.1) is 5.69 Å². The third kappa shape index (κ3) is 1.86. The van der Waals surface area contributed by atoms with E-state index < -0.39 is 0 Å². The molecular formula is C8H8INO. The molecule has 1 aromatic carbocycles. The quantitative estimate of drug-likeness (QED) is 0.463. The Hall–Kier alpha value is -0.710. The Morgan fingerprint density at radius 2 is 2.18 bits per heavy atom. The lowest BCUT2D eigenvalue weighted by Gasteiger charge is -2.00. The number of anilines is 1. The Bertz CT molecular complexity index is 283. The number of hydrogen-bond donors (Lipinski definition) is 2. The van der Waals surface area contributed by atoms with Crippen LogP contribution in [0.1, 0.15) is 5.56 Å². The number of halogens is 1. The first-order valence-corrected chi connectivity index (χ1v) is 4.34. The van der Waals surface area contributed by atoms with Crippen LogP contribution in [0.2, 0.25) is 0 Å². The van der Waals surface area contributed by atoms with Crippen molar-refractivity contribution in [1.29, 1.82) is 0 Å². The van der Waals surface area contributed by atoms with E-state index in [1.54, 1.807) is 12.1 Å². The highest BCUT2D eigenvalue weighted by molar-refractivity contribution is 14.1. The van der Waals surface area contributed by atoms with E-state index in [-0.39, 0.29) is 5.75 Å². The minimum atomic E-state index is 0.136. The molecule has 0 unspecified atom stereocenters. The van der Waals surface area contributed by atoms with Crippen molar-refractivity contribution >= 4 is 34.4 Å². The third-order valence-corrected chi connectivity index (χ3v) is 1.72. The van der Waals surface area contributed by atoms with Gasteiger partial charge in [-0.25, -0.2) is 0 Å². The number of benzene rings is 1. The Morgan fingerprint density at radius 3 is 2.82 bits per heavy atom. The van der Waals surface area contributed by atoms with E-state index in [0.29, 0.717) is 5.69 Å². The van der Waals surface area contributed by atoms with Crippen LogP contribution in [-0.4, -0.2) is 5.11 Å². The molecule has 3 N–H and O–H groups in total. The molecule has 2 nitrogen and oxygen atoms in total. The van der Waals surface area contributed by atoms with Gasteiger partial charge in [0.1, 0.15) is 5.75 Å². The second-order valence-corrected chi connectivity index (χ2v) is 2.79. The van der Waals surface area contributed by atoms with Crippen LogP contribution in [0.25, 0.3) is 6.08 Å². The van der Waals surface area contributed by atoms with E-state index in [9.17, 15) is 0 Å². The van der Waals surface area contributed by atoms with E-state index in [1.165, 1.54) is 0 Å². The van der Waals surface area contributed by atoms with E-state index in [4.69, 9.17) is 10.8 Å². The number of para-hydroxylation sites is 1. The van der Waals surface area contributed by atoms with Crippen LogP contribution in [0, 0.1) is 0 Å². The van der Waals surface area contributed by atoms with Gasteiger partial charge in [-0.05, 0) is 16.2 Å². The summed E-state index contributed by atoms with van der Waals surface area (Å²) in [7, 11) is 0. The fourth-order valence-electron chi connectivity index (χ4n) is 0.784. The van der Waals surface area contributed by atoms with Gasteiger partial charge in [0, 0.05) is 5.56 Å². The van der Waals surface area contributed by atoms with Crippen LogP contribution in [0.5, 0.6) is 5.75 Å². The van der Waals surface area contributed by atoms with Gasteiger partial charge in [-0.15, -0.1) is 0 Å². The molecular weight excluding hydrogens is 253 g/mol. The van der Waals surface area contributed by atoms with Crippen molar-refractivity contribution in [2.75, 3.05) is 5.73 Å². The molecule has 0 saturated carbocycles. The molecule has 0 atom stereocenters. The summed E-state index contributed by atoms with van der Waals surface area (Å²) < 4.78 is 1.85. The summed E-state index contributed by atoms with van der Waals surface area (Å²) in [4.78, 5) is 0. The number of hydrogen-bond acceptors (Lipinski definition) is 2. The van der Waals surface area contributed by atoms with Crippen molar-refractivity contribution in [1.82, 2.24) is 0 Å². The number of phenolic OH excluding ortho intramolecular Hbond substituents is 1. The first kappa shape index (κ1) is 8.39. The van der Waals surface area contributed by atoms with E-state index in [0.717, 1.165) is 5.56 Å². The summed E-state index contributed by atoms with van der Waals surface area (Å²) in [5.41, 5.74) is 6.84. The summed E-state index contributed by atoms with van der Waals surface area (Å²) in [6.45, 7) is 0. The van der Waals surface area contributed by atoms with Crippen molar-refractivity contribution in [2.24, 2.45) is 0 Å². The zero-order chi connectivity index (χ0) is 8.27. The molecule has 0 amide bonds. The average Bonchev–Trinajstić information content (AvgIpc) is 1.99. The first-order chi connectivity index (χ1) is 5.25. The predicted octanol–water partition coefficient (Wildman–Crippen LogP) is 2.38. The number of rotatable bonds is 1. The smallest absolute Gasteiger partial charge is 0.139 e. The van der Waals surface area contributed by atoms with Crippen molar-refractivity contribution in [3.63, 3.8) is 0 Å². The monoisotopic (exact) mass is 261 g/mol. The maximum absolute atomic E-state index is 9.17. The molecule has 0 spiro atoms. The average molecular weight is 261 g/mol. The standard InChI is InChI=1S/C8H8INO/c9-5-4-6-2-1-3-7(11)8(6)10/h1-5,11H,10H2/b5-4-. The number of aromatic hydroxyl groups is 1. The molecule has 3 heteroatoms. The van der Waals surface area contributed by atoms with Crippen LogP contribution in [-0.2, 0) is 0 Å². The number of nitrogen functional groups attached to an aromatic ring is 1. The molecule has 0 fully saturated rings. The maximum atomic E-state index is 9.17. The van der Waals surface area contributed by atoms with Gasteiger partial charge in [0.2, 0.25) is 0 Å². The lowest BCUT2D eigenvalue weighted by Crippen LogP contribution is -1.88. The van der Waals surface area contributed by atoms with Crippen LogP contribution in [0.15, 0.2) is 22.3 Å².